The third-order valence-electron chi connectivity index (χ3n) is 4.34. The predicted octanol–water partition coefficient (Wildman–Crippen LogP) is 3.14. The van der Waals surface area contributed by atoms with E-state index in [-0.39, 0.29) is 6.42 Å². The maximum absolute atomic E-state index is 13.1. The first-order valence-electron chi connectivity index (χ1n) is 9.34. The van der Waals surface area contributed by atoms with Crippen LogP contribution in [0.15, 0.2) is 48.5 Å². The third kappa shape index (κ3) is 7.31. The van der Waals surface area contributed by atoms with Crippen molar-refractivity contribution in [2.45, 2.75) is 24.8 Å². The molecule has 3 N–H and O–H groups in total. The number of nitrogens with two attached hydrogens (primary N) is 1. The molecule has 0 radical (unpaired) electrons. The molecule has 2 aromatic rings. The number of carbonyl (C=O) groups is 3. The molecule has 0 aliphatic heterocycles. The molecule has 1 atom stereocenters. The summed E-state index contributed by atoms with van der Waals surface area (Å²) in [7, 11) is 0. The van der Waals surface area contributed by atoms with E-state index in [0.29, 0.717) is 18.2 Å². The van der Waals surface area contributed by atoms with E-state index in [1.54, 1.807) is 30.3 Å². The summed E-state index contributed by atoms with van der Waals surface area (Å²) in [5.41, 5.74) is 1.03. The van der Waals surface area contributed by atoms with Gasteiger partial charge >= 0.3 is 18.3 Å². The van der Waals surface area contributed by atoms with Gasteiger partial charge in [-0.3, -0.25) is 9.59 Å². The van der Waals surface area contributed by atoms with E-state index in [0.717, 1.165) is 5.56 Å². The summed E-state index contributed by atoms with van der Waals surface area (Å²) in [5, 5.41) is 2.17. The maximum atomic E-state index is 13.1. The second-order valence-electron chi connectivity index (χ2n) is 6.85. The zero-order chi connectivity index (χ0) is 24.8. The molecule has 0 aliphatic carbocycles. The van der Waals surface area contributed by atoms with Crippen molar-refractivity contribution in [3.8, 4) is 0 Å². The highest BCUT2D eigenvalue weighted by molar-refractivity contribution is 5.95. The fourth-order valence-electron chi connectivity index (χ4n) is 2.79. The number of nitrogens with one attached hydrogen (secondary N) is 1. The van der Waals surface area contributed by atoms with E-state index in [2.05, 4.69) is 10.1 Å². The van der Waals surface area contributed by atoms with Crippen LogP contribution >= 0.6 is 0 Å². The van der Waals surface area contributed by atoms with Crippen LogP contribution in [0.3, 0.4) is 0 Å². The van der Waals surface area contributed by atoms with Gasteiger partial charge in [-0.15, -0.1) is 0 Å². The van der Waals surface area contributed by atoms with Gasteiger partial charge in [0, 0.05) is 0 Å². The van der Waals surface area contributed by atoms with E-state index in [4.69, 9.17) is 5.73 Å². The molecule has 0 spiro atoms. The van der Waals surface area contributed by atoms with Crippen molar-refractivity contribution in [3.05, 3.63) is 70.8 Å². The third-order valence-corrected chi connectivity index (χ3v) is 4.34. The van der Waals surface area contributed by atoms with Crippen molar-refractivity contribution in [1.82, 2.24) is 5.32 Å². The van der Waals surface area contributed by atoms with Crippen molar-refractivity contribution in [2.24, 2.45) is 5.73 Å². The lowest BCUT2D eigenvalue weighted by molar-refractivity contribution is -0.144. The summed E-state index contributed by atoms with van der Waals surface area (Å²) < 4.78 is 83.1. The van der Waals surface area contributed by atoms with Gasteiger partial charge in [0.15, 0.2) is 12.4 Å². The number of carbonyl (C=O) groups excluding carboxylic acids is 3. The van der Waals surface area contributed by atoms with Crippen molar-refractivity contribution >= 4 is 17.7 Å². The van der Waals surface area contributed by atoms with Gasteiger partial charge in [0.05, 0.1) is 29.3 Å². The van der Waals surface area contributed by atoms with E-state index < -0.39 is 65.9 Å². The molecular weight excluding hydrogens is 458 g/mol. The minimum Gasteiger partial charge on any atom is -0.454 e. The van der Waals surface area contributed by atoms with Crippen LogP contribution in [0.5, 0.6) is 0 Å². The van der Waals surface area contributed by atoms with E-state index in [9.17, 15) is 40.7 Å². The normalized spacial score (nSPS) is 12.7. The predicted molar refractivity (Wildman–Crippen MR) is 103 cm³/mol. The van der Waals surface area contributed by atoms with Crippen LogP contribution in [-0.4, -0.2) is 36.9 Å². The summed E-state index contributed by atoms with van der Waals surface area (Å²) in [6, 6.07) is 8.76. The molecule has 0 heterocycles. The summed E-state index contributed by atoms with van der Waals surface area (Å²) in [6.07, 6.45) is -10.4. The Morgan fingerprint density at radius 1 is 0.879 bits per heavy atom. The molecule has 0 bridgehead atoms. The van der Waals surface area contributed by atoms with Gasteiger partial charge in [0.25, 0.3) is 0 Å². The van der Waals surface area contributed by atoms with Crippen LogP contribution < -0.4 is 11.1 Å². The maximum Gasteiger partial charge on any atom is 0.417 e. The molecule has 6 nitrogen and oxygen atoms in total. The number of benzene rings is 2. The van der Waals surface area contributed by atoms with E-state index in [1.165, 1.54) is 0 Å². The Balaban J connectivity index is 1.99. The Bertz CT molecular complexity index is 974. The van der Waals surface area contributed by atoms with Gasteiger partial charge in [-0.25, -0.2) is 4.79 Å². The molecule has 0 aromatic heterocycles. The Kier molecular flexibility index (Phi) is 8.20. The largest absolute Gasteiger partial charge is 0.454 e. The number of rotatable bonds is 8. The number of ketones is 1. The van der Waals surface area contributed by atoms with Crippen LogP contribution in [0.1, 0.15) is 27.0 Å². The molecular formula is C21H18F6N2O4. The van der Waals surface area contributed by atoms with Crippen molar-refractivity contribution in [3.63, 3.8) is 0 Å². The molecule has 2 aromatic carbocycles. The molecule has 33 heavy (non-hydrogen) atoms. The quantitative estimate of drug-likeness (QED) is 0.451. The molecule has 0 aliphatic rings. The Labute approximate surface area is 183 Å². The van der Waals surface area contributed by atoms with Crippen LogP contribution in [0.4, 0.5) is 26.3 Å². The van der Waals surface area contributed by atoms with Crippen LogP contribution in [-0.2, 0) is 33.1 Å². The lowest BCUT2D eigenvalue weighted by Gasteiger charge is -2.17. The van der Waals surface area contributed by atoms with Crippen molar-refractivity contribution < 1.29 is 45.5 Å². The highest BCUT2D eigenvalue weighted by atomic mass is 19.4. The number of ether oxygens (including phenoxy) is 1. The number of halogens is 6. The molecule has 1 unspecified atom stereocenters. The highest BCUT2D eigenvalue weighted by Gasteiger charge is 2.43. The standard InChI is InChI=1S/C21H18F6N2O4/c22-20(23,24)14-7-4-8-15(21(25,26)27)17(14)19(32)33-11-13(30)10-29-18(31)16(28)9-12-5-2-1-3-6-12/h1-8,16H,9-11,28H2,(H,29,31). The number of esters is 1. The number of alkyl halides is 6. The Morgan fingerprint density at radius 2 is 1.42 bits per heavy atom. The lowest BCUT2D eigenvalue weighted by atomic mass is 10.00. The minimum absolute atomic E-state index is 0.157. The first kappa shape index (κ1) is 25.8. The summed E-state index contributed by atoms with van der Waals surface area (Å²) in [5.74, 6) is -3.67. The zero-order valence-electron chi connectivity index (χ0n) is 16.8. The zero-order valence-corrected chi connectivity index (χ0v) is 16.8. The van der Waals surface area contributed by atoms with Crippen LogP contribution in [0.25, 0.3) is 0 Å². The monoisotopic (exact) mass is 476 g/mol. The van der Waals surface area contributed by atoms with Gasteiger partial charge < -0.3 is 15.8 Å². The second kappa shape index (κ2) is 10.5. The van der Waals surface area contributed by atoms with Gasteiger partial charge in [-0.1, -0.05) is 36.4 Å². The summed E-state index contributed by atoms with van der Waals surface area (Å²) in [4.78, 5) is 35.9. The number of amides is 1. The fourth-order valence-corrected chi connectivity index (χ4v) is 2.79. The SMILES string of the molecule is NC(Cc1ccccc1)C(=O)NCC(=O)COC(=O)c1c(C(F)(F)F)cccc1C(F)(F)F. The summed E-state index contributed by atoms with van der Waals surface area (Å²) in [6.45, 7) is -1.85. The second-order valence-corrected chi connectivity index (χ2v) is 6.85. The first-order chi connectivity index (χ1) is 15.3. The molecule has 1 amide bonds. The summed E-state index contributed by atoms with van der Waals surface area (Å²) >= 11 is 0. The molecule has 178 valence electrons. The van der Waals surface area contributed by atoms with Gasteiger partial charge in [0.2, 0.25) is 5.91 Å². The Morgan fingerprint density at radius 3 is 1.94 bits per heavy atom. The Hall–Kier alpha value is -3.41. The van der Waals surface area contributed by atoms with Crippen LogP contribution in [0, 0.1) is 0 Å². The molecule has 0 fully saturated rings. The average molecular weight is 476 g/mol. The molecule has 2 rings (SSSR count). The van der Waals surface area contributed by atoms with E-state index in [1.807, 2.05) is 0 Å². The van der Waals surface area contributed by atoms with Crippen molar-refractivity contribution in [1.29, 1.82) is 0 Å². The number of Topliss-reactive ketones (excluding diaryl/α,β-unsaturated/α-hetero) is 1. The lowest BCUT2D eigenvalue weighted by Crippen LogP contribution is -2.44. The molecule has 12 heteroatoms. The highest BCUT2D eigenvalue weighted by Crippen LogP contribution is 2.39. The fraction of sp³-hybridized carbons (Fsp3) is 0.286. The van der Waals surface area contributed by atoms with E-state index >= 15 is 0 Å². The van der Waals surface area contributed by atoms with Gasteiger partial charge in [-0.05, 0) is 24.1 Å². The molecule has 0 saturated carbocycles. The number of hydrogen-bond donors (Lipinski definition) is 2. The smallest absolute Gasteiger partial charge is 0.417 e. The van der Waals surface area contributed by atoms with Crippen LogP contribution in [0.2, 0.25) is 0 Å². The van der Waals surface area contributed by atoms with Gasteiger partial charge in [-0.2, -0.15) is 26.3 Å². The average Bonchev–Trinajstić information content (AvgIpc) is 2.74. The molecule has 0 saturated heterocycles. The first-order valence-corrected chi connectivity index (χ1v) is 9.34. The number of hydrogen-bond acceptors (Lipinski definition) is 5. The van der Waals surface area contributed by atoms with Crippen molar-refractivity contribution in [2.75, 3.05) is 13.2 Å². The minimum atomic E-state index is -5.28. The topological polar surface area (TPSA) is 98.5 Å². The van der Waals surface area contributed by atoms with Gasteiger partial charge in [0.1, 0.15) is 0 Å².